The van der Waals surface area contributed by atoms with E-state index in [1.807, 2.05) is 25.1 Å². The third-order valence-corrected chi connectivity index (χ3v) is 4.67. The number of aryl methyl sites for hydroxylation is 2. The van der Waals surface area contributed by atoms with Crippen molar-refractivity contribution >= 4 is 10.0 Å². The molecule has 0 aliphatic heterocycles. The van der Waals surface area contributed by atoms with E-state index in [1.54, 1.807) is 0 Å². The Kier molecular flexibility index (Phi) is 5.69. The molecule has 2 rings (SSSR count). The molecule has 0 aromatic heterocycles. The van der Waals surface area contributed by atoms with E-state index in [-0.39, 0.29) is 11.6 Å². The van der Waals surface area contributed by atoms with E-state index in [0.717, 1.165) is 12.8 Å². The number of hydrogen-bond acceptors (Lipinski definition) is 2. The van der Waals surface area contributed by atoms with Gasteiger partial charge in [0.05, 0.1) is 5.75 Å². The van der Waals surface area contributed by atoms with Crippen LogP contribution in [-0.4, -0.2) is 15.0 Å². The summed E-state index contributed by atoms with van der Waals surface area (Å²) in [6.07, 6.45) is 1.58. The summed E-state index contributed by atoms with van der Waals surface area (Å²) in [5.74, 6) is -0.496. The van der Waals surface area contributed by atoms with E-state index >= 15 is 0 Å². The second kappa shape index (κ2) is 7.51. The van der Waals surface area contributed by atoms with Gasteiger partial charge in [0.1, 0.15) is 5.82 Å². The lowest BCUT2D eigenvalue weighted by molar-refractivity contribution is 0.578. The van der Waals surface area contributed by atoms with E-state index in [9.17, 15) is 12.8 Å². The van der Waals surface area contributed by atoms with Crippen LogP contribution < -0.4 is 4.72 Å². The molecule has 2 aromatic carbocycles. The molecule has 0 amide bonds. The van der Waals surface area contributed by atoms with Crippen LogP contribution in [0.1, 0.15) is 23.1 Å². The van der Waals surface area contributed by atoms with Crippen molar-refractivity contribution in [3.63, 3.8) is 0 Å². The zero-order valence-corrected chi connectivity index (χ0v) is 13.4. The Balaban J connectivity index is 1.79. The van der Waals surface area contributed by atoms with Gasteiger partial charge in [-0.3, -0.25) is 0 Å². The van der Waals surface area contributed by atoms with Gasteiger partial charge in [0, 0.05) is 6.54 Å². The van der Waals surface area contributed by atoms with Crippen LogP contribution in [0.4, 0.5) is 4.39 Å². The number of benzene rings is 2. The zero-order chi connectivity index (χ0) is 16.0. The molecule has 0 unspecified atom stereocenters. The molecule has 118 valence electrons. The van der Waals surface area contributed by atoms with Crippen LogP contribution in [0.2, 0.25) is 0 Å². The normalized spacial score (nSPS) is 11.5. The molecule has 0 bridgehead atoms. The van der Waals surface area contributed by atoms with E-state index in [0.29, 0.717) is 12.1 Å². The molecule has 0 atom stereocenters. The predicted octanol–water partition coefficient (Wildman–Crippen LogP) is 3.19. The molecule has 2 aromatic rings. The topological polar surface area (TPSA) is 46.2 Å². The van der Waals surface area contributed by atoms with E-state index in [1.165, 1.54) is 35.4 Å². The Morgan fingerprint density at radius 3 is 2.45 bits per heavy atom. The third-order valence-electron chi connectivity index (χ3n) is 3.32. The minimum Gasteiger partial charge on any atom is -0.215 e. The van der Waals surface area contributed by atoms with Crippen molar-refractivity contribution in [3.05, 3.63) is 71.0 Å². The van der Waals surface area contributed by atoms with Crippen molar-refractivity contribution in [3.8, 4) is 0 Å². The highest BCUT2D eigenvalue weighted by Crippen LogP contribution is 2.08. The highest BCUT2D eigenvalue weighted by molar-refractivity contribution is 7.88. The lowest BCUT2D eigenvalue weighted by Gasteiger charge is -2.07. The number of rotatable bonds is 7. The summed E-state index contributed by atoms with van der Waals surface area (Å²) in [4.78, 5) is 0. The van der Waals surface area contributed by atoms with Gasteiger partial charge in [0.25, 0.3) is 0 Å². The van der Waals surface area contributed by atoms with Crippen LogP contribution in [0.15, 0.2) is 48.5 Å². The second-order valence-electron chi connectivity index (χ2n) is 5.37. The molecule has 1 N–H and O–H groups in total. The maximum atomic E-state index is 12.8. The Labute approximate surface area is 131 Å². The molecule has 0 aliphatic carbocycles. The largest absolute Gasteiger partial charge is 0.215 e. The zero-order valence-electron chi connectivity index (χ0n) is 12.5. The minimum absolute atomic E-state index is 0.127. The van der Waals surface area contributed by atoms with Gasteiger partial charge in [-0.2, -0.15) is 0 Å². The number of sulfonamides is 1. The fraction of sp³-hybridized carbons (Fsp3) is 0.294. The van der Waals surface area contributed by atoms with Crippen molar-refractivity contribution in [1.29, 1.82) is 0 Å². The lowest BCUT2D eigenvalue weighted by Crippen LogP contribution is -2.26. The summed E-state index contributed by atoms with van der Waals surface area (Å²) < 4.78 is 39.3. The van der Waals surface area contributed by atoms with Crippen LogP contribution in [0.3, 0.4) is 0 Å². The second-order valence-corrected chi connectivity index (χ2v) is 7.18. The van der Waals surface area contributed by atoms with Crippen LogP contribution in [-0.2, 0) is 22.2 Å². The van der Waals surface area contributed by atoms with E-state index in [2.05, 4.69) is 10.8 Å². The van der Waals surface area contributed by atoms with Crippen LogP contribution in [0, 0.1) is 12.7 Å². The van der Waals surface area contributed by atoms with Crippen molar-refractivity contribution in [2.75, 3.05) is 6.54 Å². The van der Waals surface area contributed by atoms with E-state index < -0.39 is 10.0 Å². The summed E-state index contributed by atoms with van der Waals surface area (Å²) in [6, 6.07) is 13.7. The summed E-state index contributed by atoms with van der Waals surface area (Å²) in [5.41, 5.74) is 2.99. The van der Waals surface area contributed by atoms with Gasteiger partial charge in [-0.25, -0.2) is 17.5 Å². The fourth-order valence-electron chi connectivity index (χ4n) is 2.24. The smallest absolute Gasteiger partial charge is 0.215 e. The molecule has 22 heavy (non-hydrogen) atoms. The monoisotopic (exact) mass is 321 g/mol. The summed E-state index contributed by atoms with van der Waals surface area (Å²) >= 11 is 0. The Bertz CT molecular complexity index is 712. The van der Waals surface area contributed by atoms with Gasteiger partial charge in [-0.15, -0.1) is 0 Å². The average molecular weight is 321 g/mol. The van der Waals surface area contributed by atoms with Gasteiger partial charge in [-0.1, -0.05) is 42.0 Å². The third kappa shape index (κ3) is 5.58. The van der Waals surface area contributed by atoms with Gasteiger partial charge in [-0.05, 0) is 43.0 Å². The van der Waals surface area contributed by atoms with Gasteiger partial charge >= 0.3 is 0 Å². The van der Waals surface area contributed by atoms with Crippen molar-refractivity contribution < 1.29 is 12.8 Å². The molecular weight excluding hydrogens is 301 g/mol. The van der Waals surface area contributed by atoms with E-state index in [4.69, 9.17) is 0 Å². The predicted molar refractivity (Wildman–Crippen MR) is 86.5 cm³/mol. The first-order valence-electron chi connectivity index (χ1n) is 7.22. The molecule has 0 fully saturated rings. The molecule has 5 heteroatoms. The average Bonchev–Trinajstić information content (AvgIpc) is 2.46. The fourth-order valence-corrected chi connectivity index (χ4v) is 3.43. The lowest BCUT2D eigenvalue weighted by atomic mass is 10.1. The van der Waals surface area contributed by atoms with Gasteiger partial charge in [0.2, 0.25) is 10.0 Å². The summed E-state index contributed by atoms with van der Waals surface area (Å²) in [7, 11) is -3.38. The maximum Gasteiger partial charge on any atom is 0.215 e. The highest BCUT2D eigenvalue weighted by atomic mass is 32.2. The highest BCUT2D eigenvalue weighted by Gasteiger charge is 2.10. The first-order valence-corrected chi connectivity index (χ1v) is 8.87. The van der Waals surface area contributed by atoms with Crippen LogP contribution in [0.25, 0.3) is 0 Å². The first-order chi connectivity index (χ1) is 10.4. The number of halogens is 1. The van der Waals surface area contributed by atoms with Gasteiger partial charge in [0.15, 0.2) is 0 Å². The van der Waals surface area contributed by atoms with Gasteiger partial charge < -0.3 is 0 Å². The van der Waals surface area contributed by atoms with Crippen molar-refractivity contribution in [1.82, 2.24) is 4.72 Å². The standard InChI is InChI=1S/C17H20FNO2S/c1-14-4-2-5-15(12-14)6-3-11-19-22(20,21)13-16-7-9-17(18)10-8-16/h2,4-5,7-10,12,19H,3,6,11,13H2,1H3. The molecule has 3 nitrogen and oxygen atoms in total. The van der Waals surface area contributed by atoms with Crippen LogP contribution in [0.5, 0.6) is 0 Å². The summed E-state index contributed by atoms with van der Waals surface area (Å²) in [5, 5.41) is 0. The summed E-state index contributed by atoms with van der Waals surface area (Å²) in [6.45, 7) is 2.44. The number of hydrogen-bond donors (Lipinski definition) is 1. The molecular formula is C17H20FNO2S. The quantitative estimate of drug-likeness (QED) is 0.796. The van der Waals surface area contributed by atoms with Crippen molar-refractivity contribution in [2.45, 2.75) is 25.5 Å². The maximum absolute atomic E-state index is 12.8. The Morgan fingerprint density at radius 1 is 1.05 bits per heavy atom. The number of nitrogens with one attached hydrogen (secondary N) is 1. The molecule has 0 saturated carbocycles. The molecule has 0 saturated heterocycles. The SMILES string of the molecule is Cc1cccc(CCCNS(=O)(=O)Cc2ccc(F)cc2)c1. The molecule has 0 spiro atoms. The Morgan fingerprint density at radius 2 is 1.77 bits per heavy atom. The molecule has 0 radical (unpaired) electrons. The molecule has 0 aliphatic rings. The Hall–Kier alpha value is -1.72. The minimum atomic E-state index is -3.38. The molecule has 0 heterocycles. The van der Waals surface area contributed by atoms with Crippen molar-refractivity contribution in [2.24, 2.45) is 0 Å². The first kappa shape index (κ1) is 16.6. The van der Waals surface area contributed by atoms with Crippen LogP contribution >= 0.6 is 0 Å².